The number of benzene rings is 3. The summed E-state index contributed by atoms with van der Waals surface area (Å²) in [5, 5.41) is 11.6. The van der Waals surface area contributed by atoms with Crippen molar-refractivity contribution < 1.29 is 14.6 Å². The van der Waals surface area contributed by atoms with E-state index in [4.69, 9.17) is 4.74 Å². The summed E-state index contributed by atoms with van der Waals surface area (Å²) in [6.07, 6.45) is 0. The summed E-state index contributed by atoms with van der Waals surface area (Å²) in [6, 6.07) is 19.3. The van der Waals surface area contributed by atoms with Crippen molar-refractivity contribution in [3.8, 4) is 5.75 Å². The van der Waals surface area contributed by atoms with E-state index in [1.54, 1.807) is 19.2 Å². The zero-order valence-corrected chi connectivity index (χ0v) is 13.1. The maximum atomic E-state index is 11.4. The molecule has 3 aromatic carbocycles. The molecule has 0 saturated heterocycles. The molecule has 3 aromatic rings. The lowest BCUT2D eigenvalue weighted by atomic mass is 9.88. The highest BCUT2D eigenvalue weighted by Crippen LogP contribution is 2.30. The normalized spacial score (nSPS) is 12.1. The summed E-state index contributed by atoms with van der Waals surface area (Å²) in [6.45, 7) is 2.03. The number of methoxy groups -OCH3 is 1. The minimum Gasteiger partial charge on any atom is -0.497 e. The van der Waals surface area contributed by atoms with E-state index in [2.05, 4.69) is 6.07 Å². The van der Waals surface area contributed by atoms with E-state index in [0.29, 0.717) is 5.56 Å². The number of rotatable bonds is 4. The van der Waals surface area contributed by atoms with Gasteiger partial charge in [-0.25, -0.2) is 4.79 Å². The Morgan fingerprint density at radius 1 is 1.00 bits per heavy atom. The van der Waals surface area contributed by atoms with E-state index in [1.165, 1.54) is 0 Å². The first-order chi connectivity index (χ1) is 11.1. The van der Waals surface area contributed by atoms with Crippen LogP contribution >= 0.6 is 0 Å². The maximum absolute atomic E-state index is 11.4. The molecule has 0 saturated carbocycles. The summed E-state index contributed by atoms with van der Waals surface area (Å²) >= 11 is 0. The highest BCUT2D eigenvalue weighted by molar-refractivity contribution is 5.90. The van der Waals surface area contributed by atoms with Gasteiger partial charge in [0.1, 0.15) is 5.75 Å². The van der Waals surface area contributed by atoms with Crippen molar-refractivity contribution in [3.05, 3.63) is 77.4 Å². The van der Waals surface area contributed by atoms with Crippen molar-refractivity contribution in [2.75, 3.05) is 7.11 Å². The molecule has 0 fully saturated rings. The molecule has 3 heteroatoms. The molecule has 0 aromatic heterocycles. The number of carboxylic acids is 1. The van der Waals surface area contributed by atoms with E-state index in [9.17, 15) is 9.90 Å². The third-order valence-corrected chi connectivity index (χ3v) is 4.23. The summed E-state index contributed by atoms with van der Waals surface area (Å²) in [4.78, 5) is 11.4. The minimum absolute atomic E-state index is 0.00815. The van der Waals surface area contributed by atoms with Crippen LogP contribution in [0.2, 0.25) is 0 Å². The predicted molar refractivity (Wildman–Crippen MR) is 91.4 cm³/mol. The van der Waals surface area contributed by atoms with E-state index in [1.807, 2.05) is 49.4 Å². The molecular formula is C20H18O3. The number of fused-ring (bicyclic) bond motifs is 1. The van der Waals surface area contributed by atoms with Crippen molar-refractivity contribution in [3.63, 3.8) is 0 Å². The predicted octanol–water partition coefficient (Wildman–Crippen LogP) is 4.70. The van der Waals surface area contributed by atoms with Gasteiger partial charge in [-0.05, 0) is 40.1 Å². The van der Waals surface area contributed by atoms with Crippen LogP contribution in [-0.2, 0) is 0 Å². The summed E-state index contributed by atoms with van der Waals surface area (Å²) in [5.74, 6) is -0.0544. The van der Waals surface area contributed by atoms with Crippen LogP contribution in [0, 0.1) is 0 Å². The molecule has 23 heavy (non-hydrogen) atoms. The van der Waals surface area contributed by atoms with Crippen molar-refractivity contribution in [2.45, 2.75) is 12.8 Å². The Balaban J connectivity index is 2.04. The molecule has 1 unspecified atom stereocenters. The molecule has 0 bridgehead atoms. The molecule has 0 aliphatic carbocycles. The topological polar surface area (TPSA) is 46.5 Å². The molecule has 1 atom stereocenters. The second-order valence-electron chi connectivity index (χ2n) is 5.59. The molecule has 0 radical (unpaired) electrons. The lowest BCUT2D eigenvalue weighted by Crippen LogP contribution is -2.06. The number of hydrogen-bond acceptors (Lipinski definition) is 2. The molecule has 0 amide bonds. The van der Waals surface area contributed by atoms with E-state index in [-0.39, 0.29) is 5.92 Å². The van der Waals surface area contributed by atoms with Crippen LogP contribution in [0.15, 0.2) is 60.7 Å². The van der Waals surface area contributed by atoms with Gasteiger partial charge in [0.2, 0.25) is 0 Å². The third kappa shape index (κ3) is 2.90. The fourth-order valence-corrected chi connectivity index (χ4v) is 2.89. The largest absolute Gasteiger partial charge is 0.497 e. The Morgan fingerprint density at radius 2 is 1.70 bits per heavy atom. The van der Waals surface area contributed by atoms with Crippen LogP contribution in [0.3, 0.4) is 0 Å². The quantitative estimate of drug-likeness (QED) is 0.760. The standard InChI is InChI=1S/C20H18O3/c1-13(18-5-3-4-6-19(18)20(21)22)14-7-8-16-12-17(23-2)10-9-15(16)11-14/h3-13H,1-2H3,(H,21,22). The van der Waals surface area contributed by atoms with E-state index < -0.39 is 5.97 Å². The highest BCUT2D eigenvalue weighted by atomic mass is 16.5. The monoisotopic (exact) mass is 306 g/mol. The summed E-state index contributed by atoms with van der Waals surface area (Å²) in [7, 11) is 1.65. The van der Waals surface area contributed by atoms with Gasteiger partial charge < -0.3 is 9.84 Å². The zero-order chi connectivity index (χ0) is 16.4. The SMILES string of the molecule is COc1ccc2cc(C(C)c3ccccc3C(=O)O)ccc2c1. The van der Waals surface area contributed by atoms with Gasteiger partial charge in [0.25, 0.3) is 0 Å². The molecule has 0 spiro atoms. The van der Waals surface area contributed by atoms with Crippen molar-refractivity contribution in [2.24, 2.45) is 0 Å². The second-order valence-corrected chi connectivity index (χ2v) is 5.59. The van der Waals surface area contributed by atoms with Gasteiger partial charge in [0.15, 0.2) is 0 Å². The second kappa shape index (κ2) is 6.13. The number of aromatic carboxylic acids is 1. The van der Waals surface area contributed by atoms with E-state index in [0.717, 1.165) is 27.6 Å². The Hall–Kier alpha value is -2.81. The average molecular weight is 306 g/mol. The Labute approximate surface area is 135 Å². The lowest BCUT2D eigenvalue weighted by molar-refractivity contribution is 0.0695. The van der Waals surface area contributed by atoms with Crippen molar-refractivity contribution >= 4 is 16.7 Å². The third-order valence-electron chi connectivity index (χ3n) is 4.23. The molecule has 3 nitrogen and oxygen atoms in total. The Bertz CT molecular complexity index is 868. The van der Waals surface area contributed by atoms with Gasteiger partial charge in [0, 0.05) is 5.92 Å². The van der Waals surface area contributed by atoms with Crippen LogP contribution in [-0.4, -0.2) is 18.2 Å². The van der Waals surface area contributed by atoms with Gasteiger partial charge in [-0.15, -0.1) is 0 Å². The fourth-order valence-electron chi connectivity index (χ4n) is 2.89. The smallest absolute Gasteiger partial charge is 0.335 e. The number of carboxylic acid groups (broad SMARTS) is 1. The van der Waals surface area contributed by atoms with Crippen LogP contribution in [0.25, 0.3) is 10.8 Å². The first-order valence-electron chi connectivity index (χ1n) is 7.50. The van der Waals surface area contributed by atoms with Gasteiger partial charge in [-0.3, -0.25) is 0 Å². The lowest BCUT2D eigenvalue weighted by Gasteiger charge is -2.16. The van der Waals surface area contributed by atoms with Crippen molar-refractivity contribution in [1.82, 2.24) is 0 Å². The number of carbonyl (C=O) groups is 1. The van der Waals surface area contributed by atoms with Crippen LogP contribution < -0.4 is 4.74 Å². The molecule has 1 N–H and O–H groups in total. The average Bonchev–Trinajstić information content (AvgIpc) is 2.60. The van der Waals surface area contributed by atoms with Crippen LogP contribution in [0.1, 0.15) is 34.3 Å². The van der Waals surface area contributed by atoms with Crippen LogP contribution in [0.4, 0.5) is 0 Å². The Kier molecular flexibility index (Phi) is 4.02. The minimum atomic E-state index is -0.891. The summed E-state index contributed by atoms with van der Waals surface area (Å²) in [5.41, 5.74) is 2.28. The first kappa shape index (κ1) is 15.1. The molecule has 3 rings (SSSR count). The highest BCUT2D eigenvalue weighted by Gasteiger charge is 2.16. The maximum Gasteiger partial charge on any atom is 0.335 e. The molecule has 0 aliphatic rings. The van der Waals surface area contributed by atoms with Gasteiger partial charge in [-0.2, -0.15) is 0 Å². The number of ether oxygens (including phenoxy) is 1. The Morgan fingerprint density at radius 3 is 2.43 bits per heavy atom. The molecular weight excluding hydrogens is 288 g/mol. The van der Waals surface area contributed by atoms with Gasteiger partial charge >= 0.3 is 5.97 Å². The van der Waals surface area contributed by atoms with E-state index >= 15 is 0 Å². The molecule has 0 aliphatic heterocycles. The van der Waals surface area contributed by atoms with Gasteiger partial charge in [-0.1, -0.05) is 49.4 Å². The van der Waals surface area contributed by atoms with Gasteiger partial charge in [0.05, 0.1) is 12.7 Å². The first-order valence-corrected chi connectivity index (χ1v) is 7.50. The van der Waals surface area contributed by atoms with Crippen molar-refractivity contribution in [1.29, 1.82) is 0 Å². The zero-order valence-electron chi connectivity index (χ0n) is 13.1. The van der Waals surface area contributed by atoms with Crippen LogP contribution in [0.5, 0.6) is 5.75 Å². The molecule has 116 valence electrons. The molecule has 0 heterocycles. The number of hydrogen-bond donors (Lipinski definition) is 1. The fraction of sp³-hybridized carbons (Fsp3) is 0.150. The summed E-state index contributed by atoms with van der Waals surface area (Å²) < 4.78 is 5.25.